The third-order valence-corrected chi connectivity index (χ3v) is 4.56. The summed E-state index contributed by atoms with van der Waals surface area (Å²) in [5.41, 5.74) is 3.00. The minimum Gasteiger partial charge on any atom is -0.375 e. The Balaban J connectivity index is 1.80. The molecule has 2 aromatic rings. The van der Waals surface area contributed by atoms with Crippen LogP contribution in [0.5, 0.6) is 0 Å². The normalized spacial score (nSPS) is 14.0. The van der Waals surface area contributed by atoms with Gasteiger partial charge in [-0.3, -0.25) is 10.1 Å². The van der Waals surface area contributed by atoms with E-state index in [0.717, 1.165) is 18.7 Å². The van der Waals surface area contributed by atoms with Gasteiger partial charge in [0.05, 0.1) is 4.92 Å². The van der Waals surface area contributed by atoms with Crippen molar-refractivity contribution in [1.82, 2.24) is 0 Å². The van der Waals surface area contributed by atoms with Crippen LogP contribution in [0, 0.1) is 10.1 Å². The molecule has 1 saturated heterocycles. The van der Waals surface area contributed by atoms with Crippen LogP contribution in [0.3, 0.4) is 0 Å². The van der Waals surface area contributed by atoms with Crippen LogP contribution < -0.4 is 10.2 Å². The average Bonchev–Trinajstić information content (AvgIpc) is 3.08. The van der Waals surface area contributed by atoms with E-state index in [4.69, 9.17) is 0 Å². The molecule has 1 N–H and O–H groups in total. The van der Waals surface area contributed by atoms with E-state index in [1.807, 2.05) is 18.2 Å². The smallest absolute Gasteiger partial charge is 0.293 e. The number of anilines is 2. The molecule has 0 aliphatic carbocycles. The highest BCUT2D eigenvalue weighted by atomic mass is 79.9. The Labute approximate surface area is 143 Å². The van der Waals surface area contributed by atoms with Gasteiger partial charge in [0.2, 0.25) is 0 Å². The van der Waals surface area contributed by atoms with Crippen LogP contribution in [0.2, 0.25) is 0 Å². The van der Waals surface area contributed by atoms with Gasteiger partial charge in [0, 0.05) is 35.9 Å². The second kappa shape index (κ2) is 7.00. The van der Waals surface area contributed by atoms with Gasteiger partial charge in [0.1, 0.15) is 5.69 Å². The lowest BCUT2D eigenvalue weighted by Gasteiger charge is -2.21. The highest BCUT2D eigenvalue weighted by Gasteiger charge is 2.17. The van der Waals surface area contributed by atoms with Crippen molar-refractivity contribution in [3.05, 3.63) is 62.6 Å². The van der Waals surface area contributed by atoms with Crippen LogP contribution in [-0.2, 0) is 6.54 Å². The summed E-state index contributed by atoms with van der Waals surface area (Å²) < 4.78 is 0.701. The van der Waals surface area contributed by atoms with E-state index >= 15 is 0 Å². The number of rotatable bonds is 5. The van der Waals surface area contributed by atoms with E-state index in [1.54, 1.807) is 6.07 Å². The molecule has 0 atom stereocenters. The molecule has 23 heavy (non-hydrogen) atoms. The largest absolute Gasteiger partial charge is 0.375 e. The van der Waals surface area contributed by atoms with Crippen molar-refractivity contribution >= 4 is 33.0 Å². The maximum absolute atomic E-state index is 11.2. The Morgan fingerprint density at radius 3 is 2.65 bits per heavy atom. The number of hydrogen-bond acceptors (Lipinski definition) is 4. The molecule has 0 unspecified atom stereocenters. The molecule has 6 heteroatoms. The van der Waals surface area contributed by atoms with Gasteiger partial charge in [0.25, 0.3) is 5.69 Å². The Morgan fingerprint density at radius 2 is 1.91 bits per heavy atom. The molecule has 1 heterocycles. The van der Waals surface area contributed by atoms with Gasteiger partial charge in [-0.2, -0.15) is 0 Å². The molecule has 1 aliphatic heterocycles. The predicted octanol–water partition coefficient (Wildman–Crippen LogP) is 4.57. The summed E-state index contributed by atoms with van der Waals surface area (Å²) in [4.78, 5) is 13.2. The number of halogens is 1. The van der Waals surface area contributed by atoms with Crippen LogP contribution in [0.25, 0.3) is 0 Å². The molecule has 2 aromatic carbocycles. The highest BCUT2D eigenvalue weighted by molar-refractivity contribution is 9.10. The minimum atomic E-state index is -0.362. The van der Waals surface area contributed by atoms with Crippen molar-refractivity contribution in [3.63, 3.8) is 0 Å². The number of benzene rings is 2. The lowest BCUT2D eigenvalue weighted by molar-refractivity contribution is -0.384. The molecule has 0 spiro atoms. The number of nitro groups is 1. The molecule has 3 rings (SSSR count). The third kappa shape index (κ3) is 3.64. The second-order valence-corrected chi connectivity index (χ2v) is 6.51. The maximum Gasteiger partial charge on any atom is 0.293 e. The first-order valence-electron chi connectivity index (χ1n) is 7.66. The standard InChI is InChI=1S/C17H18BrN3O2/c18-14-7-8-15(17(11-14)21(22)23)19-12-13-5-1-2-6-16(13)20-9-3-4-10-20/h1-2,5-8,11,19H,3-4,9-10,12H2. The first-order chi connectivity index (χ1) is 11.1. The topological polar surface area (TPSA) is 58.4 Å². The Kier molecular flexibility index (Phi) is 4.81. The maximum atomic E-state index is 11.2. The van der Waals surface area contributed by atoms with Crippen molar-refractivity contribution in [3.8, 4) is 0 Å². The van der Waals surface area contributed by atoms with E-state index in [-0.39, 0.29) is 10.6 Å². The van der Waals surface area contributed by atoms with Crippen molar-refractivity contribution < 1.29 is 4.92 Å². The summed E-state index contributed by atoms with van der Waals surface area (Å²) >= 11 is 3.28. The summed E-state index contributed by atoms with van der Waals surface area (Å²) in [6.07, 6.45) is 2.44. The van der Waals surface area contributed by atoms with Gasteiger partial charge in [-0.25, -0.2) is 0 Å². The van der Waals surface area contributed by atoms with Crippen molar-refractivity contribution in [1.29, 1.82) is 0 Å². The molecule has 5 nitrogen and oxygen atoms in total. The molecular weight excluding hydrogens is 358 g/mol. The Morgan fingerprint density at radius 1 is 1.17 bits per heavy atom. The predicted molar refractivity (Wildman–Crippen MR) is 96.0 cm³/mol. The second-order valence-electron chi connectivity index (χ2n) is 5.60. The van der Waals surface area contributed by atoms with Crippen LogP contribution in [0.15, 0.2) is 46.9 Å². The van der Waals surface area contributed by atoms with Crippen LogP contribution >= 0.6 is 15.9 Å². The van der Waals surface area contributed by atoms with Gasteiger partial charge < -0.3 is 10.2 Å². The molecule has 0 amide bonds. The van der Waals surface area contributed by atoms with Crippen LogP contribution in [-0.4, -0.2) is 18.0 Å². The molecule has 0 radical (unpaired) electrons. The Bertz CT molecular complexity index is 715. The first-order valence-corrected chi connectivity index (χ1v) is 8.45. The van der Waals surface area contributed by atoms with Crippen LogP contribution in [0.4, 0.5) is 17.1 Å². The molecule has 0 aromatic heterocycles. The SMILES string of the molecule is O=[N+]([O-])c1cc(Br)ccc1NCc1ccccc1N1CCCC1. The molecule has 0 bridgehead atoms. The number of nitro benzene ring substituents is 1. The summed E-state index contributed by atoms with van der Waals surface area (Å²) in [7, 11) is 0. The number of hydrogen-bond donors (Lipinski definition) is 1. The monoisotopic (exact) mass is 375 g/mol. The van der Waals surface area contributed by atoms with E-state index in [2.05, 4.69) is 38.3 Å². The van der Waals surface area contributed by atoms with Gasteiger partial charge in [-0.15, -0.1) is 0 Å². The quantitative estimate of drug-likeness (QED) is 0.614. The third-order valence-electron chi connectivity index (χ3n) is 4.06. The fourth-order valence-corrected chi connectivity index (χ4v) is 3.27. The van der Waals surface area contributed by atoms with E-state index in [9.17, 15) is 10.1 Å². The fraction of sp³-hybridized carbons (Fsp3) is 0.294. The van der Waals surface area contributed by atoms with Gasteiger partial charge in [-0.05, 0) is 36.6 Å². The molecular formula is C17H18BrN3O2. The average molecular weight is 376 g/mol. The number of nitrogens with one attached hydrogen (secondary N) is 1. The molecule has 1 fully saturated rings. The van der Waals surface area contributed by atoms with E-state index in [0.29, 0.717) is 16.7 Å². The minimum absolute atomic E-state index is 0.0815. The fourth-order valence-electron chi connectivity index (χ4n) is 2.92. The zero-order valence-electron chi connectivity index (χ0n) is 12.7. The zero-order valence-corrected chi connectivity index (χ0v) is 14.3. The summed E-state index contributed by atoms with van der Waals surface area (Å²) in [5, 5.41) is 14.4. The van der Waals surface area contributed by atoms with E-state index < -0.39 is 0 Å². The zero-order chi connectivity index (χ0) is 16.2. The summed E-state index contributed by atoms with van der Waals surface area (Å²) in [5.74, 6) is 0. The van der Waals surface area contributed by atoms with Crippen molar-refractivity contribution in [2.45, 2.75) is 19.4 Å². The van der Waals surface area contributed by atoms with Gasteiger partial charge in [-0.1, -0.05) is 34.1 Å². The molecule has 1 aliphatic rings. The summed E-state index contributed by atoms with van der Waals surface area (Å²) in [6.45, 7) is 2.72. The lowest BCUT2D eigenvalue weighted by Crippen LogP contribution is -2.20. The van der Waals surface area contributed by atoms with Crippen molar-refractivity contribution in [2.75, 3.05) is 23.3 Å². The number of para-hydroxylation sites is 1. The first kappa shape index (κ1) is 15.8. The highest BCUT2D eigenvalue weighted by Crippen LogP contribution is 2.30. The Hall–Kier alpha value is -2.08. The van der Waals surface area contributed by atoms with Crippen molar-refractivity contribution in [2.24, 2.45) is 0 Å². The lowest BCUT2D eigenvalue weighted by atomic mass is 10.1. The van der Waals surface area contributed by atoms with E-state index in [1.165, 1.54) is 24.6 Å². The summed E-state index contributed by atoms with van der Waals surface area (Å²) in [6, 6.07) is 13.3. The number of nitrogens with zero attached hydrogens (tertiary/aromatic N) is 2. The van der Waals surface area contributed by atoms with Crippen LogP contribution in [0.1, 0.15) is 18.4 Å². The molecule has 0 saturated carbocycles. The molecule has 120 valence electrons. The van der Waals surface area contributed by atoms with Gasteiger partial charge >= 0.3 is 0 Å². The van der Waals surface area contributed by atoms with Gasteiger partial charge in [0.15, 0.2) is 0 Å².